The number of benzene rings is 1. The van der Waals surface area contributed by atoms with E-state index in [2.05, 4.69) is 21.2 Å². The van der Waals surface area contributed by atoms with Crippen LogP contribution in [0.15, 0.2) is 29.8 Å². The lowest BCUT2D eigenvalue weighted by Gasteiger charge is -2.35. The van der Waals surface area contributed by atoms with Gasteiger partial charge in [0.2, 0.25) is 0 Å². The Morgan fingerprint density at radius 2 is 1.69 bits per heavy atom. The van der Waals surface area contributed by atoms with E-state index in [-0.39, 0.29) is 24.1 Å². The summed E-state index contributed by atoms with van der Waals surface area (Å²) in [7, 11) is 0. The van der Waals surface area contributed by atoms with Crippen molar-refractivity contribution in [2.75, 3.05) is 13.2 Å². The van der Waals surface area contributed by atoms with Crippen molar-refractivity contribution in [3.8, 4) is 0 Å². The molecule has 1 aromatic carbocycles. The van der Waals surface area contributed by atoms with Gasteiger partial charge >= 0.3 is 6.09 Å². The molecule has 2 saturated heterocycles. The van der Waals surface area contributed by atoms with Crippen LogP contribution < -0.4 is 5.32 Å². The number of nitrogens with one attached hydrogen (secondary N) is 1. The van der Waals surface area contributed by atoms with Crippen LogP contribution in [0.25, 0.3) is 4.48 Å². The number of carbonyl (C=O) groups is 2. The molecule has 2 unspecified atom stereocenters. The van der Waals surface area contributed by atoms with Gasteiger partial charge in [-0.1, -0.05) is 33.6 Å². The number of hydrogen-bond donors (Lipinski definition) is 1. The average Bonchev–Trinajstić information content (AvgIpc) is 2.91. The van der Waals surface area contributed by atoms with Crippen molar-refractivity contribution in [3.63, 3.8) is 0 Å². The van der Waals surface area contributed by atoms with Crippen molar-refractivity contribution in [1.82, 2.24) is 10.2 Å². The molecule has 2 aliphatic heterocycles. The number of halogens is 1. The zero-order valence-electron chi connectivity index (χ0n) is 15.3. The molecule has 1 aromatic rings. The fraction of sp³-hybridized carbons (Fsp3) is 0.500. The Labute approximate surface area is 162 Å². The van der Waals surface area contributed by atoms with Crippen LogP contribution in [-0.2, 0) is 4.74 Å². The minimum atomic E-state index is -0.179. The van der Waals surface area contributed by atoms with Gasteiger partial charge in [-0.25, -0.2) is 4.79 Å². The number of carbonyl (C=O) groups excluding carboxylic acids is 2. The van der Waals surface area contributed by atoms with Crippen LogP contribution in [0.1, 0.15) is 55.5 Å². The van der Waals surface area contributed by atoms with Gasteiger partial charge in [0.25, 0.3) is 5.91 Å². The largest absolute Gasteiger partial charge is 0.450 e. The minimum absolute atomic E-state index is 0.0522. The first-order valence-electron chi connectivity index (χ1n) is 9.26. The first-order chi connectivity index (χ1) is 12.5. The van der Waals surface area contributed by atoms with Gasteiger partial charge in [-0.2, -0.15) is 0 Å². The molecule has 0 radical (unpaired) electrons. The van der Waals surface area contributed by atoms with Crippen molar-refractivity contribution >= 4 is 32.4 Å². The molecule has 6 heteroatoms. The standard InChI is InChI=1S/C20H25BrN2O3/c1-3-22-19(24)14-7-5-13(6-8-14)18(21)15-11-16-9-10-17(12-15)23(16)20(25)26-4-2/h5-8,16-17H,3-4,9-12H2,1-2H3,(H,22,24). The number of fused-ring (bicyclic) bond motifs is 2. The lowest BCUT2D eigenvalue weighted by Crippen LogP contribution is -2.45. The third-order valence-electron chi connectivity index (χ3n) is 5.11. The molecule has 2 heterocycles. The maximum Gasteiger partial charge on any atom is 0.410 e. The second kappa shape index (κ2) is 8.25. The predicted molar refractivity (Wildman–Crippen MR) is 105 cm³/mol. The molecular formula is C20H25BrN2O3. The lowest BCUT2D eigenvalue weighted by atomic mass is 9.95. The van der Waals surface area contributed by atoms with Gasteiger partial charge in [-0.3, -0.25) is 4.79 Å². The van der Waals surface area contributed by atoms with Crippen LogP contribution in [-0.4, -0.2) is 42.1 Å². The summed E-state index contributed by atoms with van der Waals surface area (Å²) < 4.78 is 6.30. The van der Waals surface area contributed by atoms with Crippen molar-refractivity contribution < 1.29 is 14.3 Å². The quantitative estimate of drug-likeness (QED) is 0.788. The van der Waals surface area contributed by atoms with Gasteiger partial charge in [0.1, 0.15) is 0 Å². The Morgan fingerprint density at radius 3 is 2.23 bits per heavy atom. The Bertz CT molecular complexity index is 698. The summed E-state index contributed by atoms with van der Waals surface area (Å²) in [5.41, 5.74) is 3.07. The highest BCUT2D eigenvalue weighted by Crippen LogP contribution is 2.42. The molecule has 5 nitrogen and oxygen atoms in total. The number of nitrogens with zero attached hydrogens (tertiary/aromatic N) is 1. The van der Waals surface area contributed by atoms with E-state index >= 15 is 0 Å². The average molecular weight is 421 g/mol. The van der Waals surface area contributed by atoms with Gasteiger partial charge in [0.15, 0.2) is 0 Å². The molecular weight excluding hydrogens is 396 g/mol. The van der Waals surface area contributed by atoms with Crippen LogP contribution in [0.2, 0.25) is 0 Å². The summed E-state index contributed by atoms with van der Waals surface area (Å²) in [5.74, 6) is -0.0522. The monoisotopic (exact) mass is 420 g/mol. The number of rotatable bonds is 4. The number of amides is 2. The number of ether oxygens (including phenoxy) is 1. The molecule has 2 aliphatic rings. The summed E-state index contributed by atoms with van der Waals surface area (Å²) in [6, 6.07) is 8.10. The van der Waals surface area contributed by atoms with Gasteiger partial charge in [0.05, 0.1) is 6.61 Å². The Morgan fingerprint density at radius 1 is 1.12 bits per heavy atom. The van der Waals surface area contributed by atoms with Crippen LogP contribution in [0.4, 0.5) is 4.79 Å². The number of hydrogen-bond acceptors (Lipinski definition) is 3. The SMILES string of the molecule is CCNC(=O)c1ccc(C(Br)=C2CC3CCC(C2)N3C(=O)OCC)cc1. The highest BCUT2D eigenvalue weighted by atomic mass is 79.9. The maximum atomic E-state index is 12.2. The van der Waals surface area contributed by atoms with Crippen LogP contribution in [0.3, 0.4) is 0 Å². The minimum Gasteiger partial charge on any atom is -0.450 e. The van der Waals surface area contributed by atoms with Gasteiger partial charge < -0.3 is 15.0 Å². The normalized spacial score (nSPS) is 21.5. The van der Waals surface area contributed by atoms with E-state index in [1.807, 2.05) is 43.0 Å². The van der Waals surface area contributed by atoms with Crippen LogP contribution >= 0.6 is 15.9 Å². The van der Waals surface area contributed by atoms with E-state index in [1.54, 1.807) is 0 Å². The second-order valence-corrected chi connectivity index (χ2v) is 7.55. The fourth-order valence-electron chi connectivity index (χ4n) is 3.92. The lowest BCUT2D eigenvalue weighted by molar-refractivity contribution is 0.0814. The zero-order chi connectivity index (χ0) is 18.7. The first kappa shape index (κ1) is 19.0. The van der Waals surface area contributed by atoms with Crippen molar-refractivity contribution in [2.45, 2.75) is 51.6 Å². The van der Waals surface area contributed by atoms with Gasteiger partial charge in [-0.15, -0.1) is 0 Å². The molecule has 3 rings (SSSR count). The number of piperidine rings is 1. The molecule has 1 N–H and O–H groups in total. The Kier molecular flexibility index (Phi) is 6.01. The molecule has 0 spiro atoms. The molecule has 2 fully saturated rings. The molecule has 2 bridgehead atoms. The van der Waals surface area contributed by atoms with E-state index in [4.69, 9.17) is 4.74 Å². The summed E-state index contributed by atoms with van der Waals surface area (Å²) in [6.07, 6.45) is 3.62. The van der Waals surface area contributed by atoms with Crippen molar-refractivity contribution in [2.24, 2.45) is 0 Å². The molecule has 2 amide bonds. The smallest absolute Gasteiger partial charge is 0.410 e. The van der Waals surface area contributed by atoms with E-state index in [1.165, 1.54) is 5.57 Å². The maximum absolute atomic E-state index is 12.2. The summed E-state index contributed by atoms with van der Waals surface area (Å²) in [5, 5.41) is 2.81. The van der Waals surface area contributed by atoms with Gasteiger partial charge in [-0.05, 0) is 57.2 Å². The Hall–Kier alpha value is -1.82. The van der Waals surface area contributed by atoms with E-state index in [0.29, 0.717) is 18.7 Å². The van der Waals surface area contributed by atoms with Crippen LogP contribution in [0.5, 0.6) is 0 Å². The van der Waals surface area contributed by atoms with Gasteiger partial charge in [0, 0.05) is 28.7 Å². The third-order valence-corrected chi connectivity index (χ3v) is 6.13. The summed E-state index contributed by atoms with van der Waals surface area (Å²) in [6.45, 7) is 4.79. The van der Waals surface area contributed by atoms with E-state index in [9.17, 15) is 9.59 Å². The third kappa shape index (κ3) is 3.80. The summed E-state index contributed by atoms with van der Waals surface area (Å²) in [4.78, 5) is 26.0. The van der Waals surface area contributed by atoms with E-state index in [0.717, 1.165) is 35.7 Å². The van der Waals surface area contributed by atoms with Crippen LogP contribution in [0, 0.1) is 0 Å². The molecule has 0 aromatic heterocycles. The first-order valence-corrected chi connectivity index (χ1v) is 10.1. The predicted octanol–water partition coefficient (Wildman–Crippen LogP) is 4.33. The second-order valence-electron chi connectivity index (χ2n) is 6.75. The Balaban J connectivity index is 1.75. The fourth-order valence-corrected chi connectivity index (χ4v) is 4.51. The molecule has 26 heavy (non-hydrogen) atoms. The van der Waals surface area contributed by atoms with Crippen molar-refractivity contribution in [1.29, 1.82) is 0 Å². The highest BCUT2D eigenvalue weighted by Gasteiger charge is 2.42. The molecule has 140 valence electrons. The summed E-state index contributed by atoms with van der Waals surface area (Å²) >= 11 is 3.75. The molecule has 0 saturated carbocycles. The zero-order valence-corrected chi connectivity index (χ0v) is 16.8. The molecule has 2 atom stereocenters. The van der Waals surface area contributed by atoms with Crippen molar-refractivity contribution in [3.05, 3.63) is 41.0 Å². The molecule has 0 aliphatic carbocycles. The van der Waals surface area contributed by atoms with E-state index < -0.39 is 0 Å². The highest BCUT2D eigenvalue weighted by molar-refractivity contribution is 9.15. The topological polar surface area (TPSA) is 58.6 Å².